The quantitative estimate of drug-likeness (QED) is 0.898. The lowest BCUT2D eigenvalue weighted by atomic mass is 10.2. The number of hydrogen-bond donors (Lipinski definition) is 1. The van der Waals surface area contributed by atoms with Gasteiger partial charge in [-0.05, 0) is 33.1 Å². The summed E-state index contributed by atoms with van der Waals surface area (Å²) in [5.74, 6) is 2.44. The van der Waals surface area contributed by atoms with Gasteiger partial charge in [-0.15, -0.1) is 0 Å². The Morgan fingerprint density at radius 2 is 2.17 bits per heavy atom. The van der Waals surface area contributed by atoms with Crippen LogP contribution in [0.1, 0.15) is 42.3 Å². The van der Waals surface area contributed by atoms with Crippen LogP contribution in [0.2, 0.25) is 0 Å². The van der Waals surface area contributed by atoms with E-state index in [2.05, 4.69) is 20.3 Å². The molecule has 0 radical (unpaired) electrons. The molecular formula is C13H16N4O. The van der Waals surface area contributed by atoms with E-state index in [9.17, 15) is 0 Å². The van der Waals surface area contributed by atoms with E-state index in [0.29, 0.717) is 5.89 Å². The average molecular weight is 244 g/mol. The van der Waals surface area contributed by atoms with Gasteiger partial charge in [-0.2, -0.15) is 0 Å². The van der Waals surface area contributed by atoms with Gasteiger partial charge < -0.3 is 9.73 Å². The smallest absolute Gasteiger partial charge is 0.216 e. The molecule has 18 heavy (non-hydrogen) atoms. The molecule has 0 aromatic carbocycles. The minimum atomic E-state index is 0.0123. The Balaban J connectivity index is 1.83. The number of aromatic nitrogens is 3. The van der Waals surface area contributed by atoms with Crippen molar-refractivity contribution in [1.29, 1.82) is 0 Å². The van der Waals surface area contributed by atoms with Crippen LogP contribution in [0.4, 0.5) is 5.82 Å². The van der Waals surface area contributed by atoms with Gasteiger partial charge in [-0.25, -0.2) is 15.0 Å². The van der Waals surface area contributed by atoms with E-state index in [4.69, 9.17) is 4.42 Å². The van der Waals surface area contributed by atoms with E-state index in [-0.39, 0.29) is 6.04 Å². The van der Waals surface area contributed by atoms with Gasteiger partial charge in [0, 0.05) is 11.3 Å². The van der Waals surface area contributed by atoms with Gasteiger partial charge in [0.15, 0.2) is 0 Å². The highest BCUT2D eigenvalue weighted by atomic mass is 16.4. The van der Waals surface area contributed by atoms with E-state index in [1.165, 1.54) is 11.3 Å². The normalized spacial score (nSPS) is 15.4. The van der Waals surface area contributed by atoms with Crippen LogP contribution in [-0.2, 0) is 12.8 Å². The summed E-state index contributed by atoms with van der Waals surface area (Å²) in [6.07, 6.45) is 6.63. The summed E-state index contributed by atoms with van der Waals surface area (Å²) in [7, 11) is 0. The minimum absolute atomic E-state index is 0.0123. The van der Waals surface area contributed by atoms with Crippen molar-refractivity contribution in [2.45, 2.75) is 39.2 Å². The van der Waals surface area contributed by atoms with E-state index in [1.54, 1.807) is 12.5 Å². The van der Waals surface area contributed by atoms with Gasteiger partial charge in [0.05, 0.1) is 6.20 Å². The van der Waals surface area contributed by atoms with Crippen LogP contribution in [0, 0.1) is 6.92 Å². The van der Waals surface area contributed by atoms with Gasteiger partial charge in [-0.1, -0.05) is 0 Å². The lowest BCUT2D eigenvalue weighted by Crippen LogP contribution is -2.10. The number of hydrogen-bond acceptors (Lipinski definition) is 5. The number of aryl methyl sites for hydroxylation is 2. The third kappa shape index (κ3) is 1.96. The van der Waals surface area contributed by atoms with Gasteiger partial charge in [0.1, 0.15) is 23.9 Å². The summed E-state index contributed by atoms with van der Waals surface area (Å²) < 4.78 is 5.52. The number of rotatable bonds is 3. The Morgan fingerprint density at radius 3 is 2.94 bits per heavy atom. The number of fused-ring (bicyclic) bond motifs is 1. The SMILES string of the molecule is Cc1cnc(C(C)Nc2ncnc3c2CCC3)o1. The molecule has 0 saturated carbocycles. The van der Waals surface area contributed by atoms with Crippen LogP contribution in [-0.4, -0.2) is 15.0 Å². The Labute approximate surface area is 106 Å². The Hall–Kier alpha value is -1.91. The predicted octanol–water partition coefficient (Wildman–Crippen LogP) is 2.43. The van der Waals surface area contributed by atoms with Crippen LogP contribution in [0.3, 0.4) is 0 Å². The molecule has 94 valence electrons. The van der Waals surface area contributed by atoms with Crippen molar-refractivity contribution in [1.82, 2.24) is 15.0 Å². The van der Waals surface area contributed by atoms with E-state index < -0.39 is 0 Å². The summed E-state index contributed by atoms with van der Waals surface area (Å²) in [4.78, 5) is 12.9. The molecule has 2 aromatic heterocycles. The lowest BCUT2D eigenvalue weighted by Gasteiger charge is -2.13. The second-order valence-electron chi connectivity index (χ2n) is 4.68. The molecule has 1 atom stereocenters. The highest BCUT2D eigenvalue weighted by Gasteiger charge is 2.19. The molecule has 1 N–H and O–H groups in total. The second-order valence-corrected chi connectivity index (χ2v) is 4.68. The molecule has 0 bridgehead atoms. The number of oxazole rings is 1. The average Bonchev–Trinajstić information content (AvgIpc) is 2.97. The zero-order chi connectivity index (χ0) is 12.5. The molecule has 5 nitrogen and oxygen atoms in total. The highest BCUT2D eigenvalue weighted by Crippen LogP contribution is 2.27. The highest BCUT2D eigenvalue weighted by molar-refractivity contribution is 5.48. The van der Waals surface area contributed by atoms with Crippen LogP contribution in [0.5, 0.6) is 0 Å². The second kappa shape index (κ2) is 4.40. The van der Waals surface area contributed by atoms with Gasteiger partial charge in [0.2, 0.25) is 5.89 Å². The molecule has 1 aliphatic rings. The number of nitrogens with one attached hydrogen (secondary N) is 1. The van der Waals surface area contributed by atoms with Crippen LogP contribution in [0.25, 0.3) is 0 Å². The summed E-state index contributed by atoms with van der Waals surface area (Å²) >= 11 is 0. The molecule has 0 fully saturated rings. The van der Waals surface area contributed by atoms with Gasteiger partial charge in [-0.3, -0.25) is 0 Å². The Morgan fingerprint density at radius 1 is 1.28 bits per heavy atom. The third-order valence-corrected chi connectivity index (χ3v) is 3.24. The standard InChI is InChI=1S/C13H16N4O/c1-8-6-14-13(18-8)9(2)17-12-10-4-3-5-11(10)15-7-16-12/h6-7,9H,3-5H2,1-2H3,(H,15,16,17). The Kier molecular flexibility index (Phi) is 2.74. The van der Waals surface area contributed by atoms with Crippen molar-refractivity contribution in [3.05, 3.63) is 35.4 Å². The zero-order valence-electron chi connectivity index (χ0n) is 10.6. The van der Waals surface area contributed by atoms with Crippen molar-refractivity contribution < 1.29 is 4.42 Å². The van der Waals surface area contributed by atoms with Gasteiger partial charge in [0.25, 0.3) is 0 Å². The summed E-state index contributed by atoms with van der Waals surface area (Å²) in [5, 5.41) is 3.36. The third-order valence-electron chi connectivity index (χ3n) is 3.24. The molecule has 0 aliphatic heterocycles. The molecule has 0 spiro atoms. The molecule has 1 aliphatic carbocycles. The first kappa shape index (κ1) is 11.2. The summed E-state index contributed by atoms with van der Waals surface area (Å²) in [5.41, 5.74) is 2.41. The molecular weight excluding hydrogens is 228 g/mol. The van der Waals surface area contributed by atoms with Crippen LogP contribution < -0.4 is 5.32 Å². The fraction of sp³-hybridized carbons (Fsp3) is 0.462. The van der Waals surface area contributed by atoms with Crippen LogP contribution >= 0.6 is 0 Å². The van der Waals surface area contributed by atoms with Gasteiger partial charge >= 0.3 is 0 Å². The van der Waals surface area contributed by atoms with E-state index >= 15 is 0 Å². The molecule has 0 saturated heterocycles. The van der Waals surface area contributed by atoms with Crippen molar-refractivity contribution in [2.75, 3.05) is 5.32 Å². The minimum Gasteiger partial charge on any atom is -0.444 e. The molecule has 2 aromatic rings. The van der Waals surface area contributed by atoms with E-state index in [0.717, 1.165) is 30.8 Å². The molecule has 2 heterocycles. The van der Waals surface area contributed by atoms with Crippen molar-refractivity contribution in [2.24, 2.45) is 0 Å². The molecule has 3 rings (SSSR count). The van der Waals surface area contributed by atoms with Crippen molar-refractivity contribution in [3.63, 3.8) is 0 Å². The fourth-order valence-corrected chi connectivity index (χ4v) is 2.32. The first-order chi connectivity index (χ1) is 8.74. The number of nitrogens with zero attached hydrogens (tertiary/aromatic N) is 3. The monoisotopic (exact) mass is 244 g/mol. The summed E-state index contributed by atoms with van der Waals surface area (Å²) in [6, 6.07) is 0.0123. The lowest BCUT2D eigenvalue weighted by molar-refractivity contribution is 0.453. The predicted molar refractivity (Wildman–Crippen MR) is 67.3 cm³/mol. The Bertz CT molecular complexity index is 564. The topological polar surface area (TPSA) is 63.8 Å². The molecule has 5 heteroatoms. The molecule has 1 unspecified atom stereocenters. The fourth-order valence-electron chi connectivity index (χ4n) is 2.32. The maximum Gasteiger partial charge on any atom is 0.216 e. The zero-order valence-corrected chi connectivity index (χ0v) is 10.6. The summed E-state index contributed by atoms with van der Waals surface area (Å²) in [6.45, 7) is 3.92. The van der Waals surface area contributed by atoms with Crippen molar-refractivity contribution in [3.8, 4) is 0 Å². The largest absolute Gasteiger partial charge is 0.444 e. The van der Waals surface area contributed by atoms with Crippen molar-refractivity contribution >= 4 is 5.82 Å². The maximum absolute atomic E-state index is 5.52. The van der Waals surface area contributed by atoms with Crippen LogP contribution in [0.15, 0.2) is 16.9 Å². The maximum atomic E-state index is 5.52. The molecule has 0 amide bonds. The number of anilines is 1. The first-order valence-corrected chi connectivity index (χ1v) is 6.25. The first-order valence-electron chi connectivity index (χ1n) is 6.25. The van der Waals surface area contributed by atoms with E-state index in [1.807, 2.05) is 13.8 Å².